The molecule has 0 radical (unpaired) electrons. The van der Waals surface area contributed by atoms with Crippen molar-refractivity contribution >= 4 is 11.6 Å². The van der Waals surface area contributed by atoms with E-state index in [2.05, 4.69) is 54.8 Å². The molecular weight excluding hydrogens is 252 g/mol. The molecule has 0 bridgehead atoms. The topological polar surface area (TPSA) is 50.3 Å². The standard InChI is InChI=1S/C15H26N4O/c1-7-11-17-12(16-6)8-13(18-11)19-9-14(2,3)20-15(4,5)10-19/h8H,7,9-10H2,1-6H3,(H,16,17,18). The van der Waals surface area contributed by atoms with Crippen molar-refractivity contribution in [1.29, 1.82) is 0 Å². The minimum atomic E-state index is -0.182. The Kier molecular flexibility index (Phi) is 3.91. The summed E-state index contributed by atoms with van der Waals surface area (Å²) in [5.41, 5.74) is -0.363. The number of morpholine rings is 1. The molecule has 2 heterocycles. The Morgan fingerprint density at radius 3 is 2.30 bits per heavy atom. The lowest BCUT2D eigenvalue weighted by Crippen LogP contribution is -2.57. The molecule has 1 saturated heterocycles. The van der Waals surface area contributed by atoms with Gasteiger partial charge in [0.15, 0.2) is 0 Å². The van der Waals surface area contributed by atoms with E-state index in [0.717, 1.165) is 37.0 Å². The molecule has 0 amide bonds. The first-order chi connectivity index (χ1) is 9.24. The van der Waals surface area contributed by atoms with Crippen LogP contribution in [0.1, 0.15) is 40.4 Å². The van der Waals surface area contributed by atoms with Gasteiger partial charge >= 0.3 is 0 Å². The minimum Gasteiger partial charge on any atom is -0.373 e. The molecule has 2 rings (SSSR count). The van der Waals surface area contributed by atoms with Gasteiger partial charge in [-0.05, 0) is 27.7 Å². The Bertz CT molecular complexity index is 447. The van der Waals surface area contributed by atoms with E-state index < -0.39 is 0 Å². The lowest BCUT2D eigenvalue weighted by atomic mass is 9.99. The van der Waals surface area contributed by atoms with Crippen LogP contribution in [0.25, 0.3) is 0 Å². The number of nitrogens with zero attached hydrogens (tertiary/aromatic N) is 3. The summed E-state index contributed by atoms with van der Waals surface area (Å²) >= 11 is 0. The summed E-state index contributed by atoms with van der Waals surface area (Å²) in [5.74, 6) is 2.72. The summed E-state index contributed by atoms with van der Waals surface area (Å²) in [7, 11) is 1.89. The van der Waals surface area contributed by atoms with Crippen LogP contribution in [0.2, 0.25) is 0 Å². The maximum atomic E-state index is 6.13. The van der Waals surface area contributed by atoms with Gasteiger partial charge in [0.1, 0.15) is 17.5 Å². The molecule has 1 aromatic heterocycles. The monoisotopic (exact) mass is 278 g/mol. The molecule has 0 spiro atoms. The van der Waals surface area contributed by atoms with Crippen molar-refractivity contribution in [3.63, 3.8) is 0 Å². The van der Waals surface area contributed by atoms with Crippen molar-refractivity contribution in [2.75, 3.05) is 30.4 Å². The highest BCUT2D eigenvalue weighted by Crippen LogP contribution is 2.31. The van der Waals surface area contributed by atoms with Gasteiger partial charge in [-0.1, -0.05) is 6.92 Å². The van der Waals surface area contributed by atoms with E-state index >= 15 is 0 Å². The summed E-state index contributed by atoms with van der Waals surface area (Å²) in [4.78, 5) is 11.4. The molecule has 1 aliphatic rings. The van der Waals surface area contributed by atoms with Gasteiger partial charge in [0.25, 0.3) is 0 Å². The predicted octanol–water partition coefficient (Wildman–Crippen LogP) is 2.47. The fourth-order valence-corrected chi connectivity index (χ4v) is 2.88. The highest BCUT2D eigenvalue weighted by molar-refractivity contribution is 5.50. The van der Waals surface area contributed by atoms with Crippen molar-refractivity contribution in [1.82, 2.24) is 9.97 Å². The number of hydrogen-bond acceptors (Lipinski definition) is 5. The number of nitrogens with one attached hydrogen (secondary N) is 1. The molecule has 20 heavy (non-hydrogen) atoms. The fraction of sp³-hybridized carbons (Fsp3) is 0.733. The van der Waals surface area contributed by atoms with Crippen LogP contribution in [0.5, 0.6) is 0 Å². The average Bonchev–Trinajstić information content (AvgIpc) is 2.34. The van der Waals surface area contributed by atoms with E-state index in [1.165, 1.54) is 0 Å². The largest absolute Gasteiger partial charge is 0.373 e. The highest BCUT2D eigenvalue weighted by atomic mass is 16.5. The highest BCUT2D eigenvalue weighted by Gasteiger charge is 2.38. The Hall–Kier alpha value is -1.36. The van der Waals surface area contributed by atoms with Crippen LogP contribution < -0.4 is 10.2 Å². The zero-order chi connectivity index (χ0) is 15.0. The van der Waals surface area contributed by atoms with E-state index in [1.54, 1.807) is 0 Å². The van der Waals surface area contributed by atoms with Crippen LogP contribution in [-0.4, -0.2) is 41.3 Å². The van der Waals surface area contributed by atoms with E-state index in [9.17, 15) is 0 Å². The van der Waals surface area contributed by atoms with Crippen LogP contribution in [0.3, 0.4) is 0 Å². The SMILES string of the molecule is CCc1nc(NC)cc(N2CC(C)(C)OC(C)(C)C2)n1. The molecule has 0 saturated carbocycles. The van der Waals surface area contributed by atoms with Crippen LogP contribution in [0, 0.1) is 0 Å². The zero-order valence-corrected chi connectivity index (χ0v) is 13.4. The lowest BCUT2D eigenvalue weighted by molar-refractivity contribution is -0.133. The first-order valence-corrected chi connectivity index (χ1v) is 7.25. The Balaban J connectivity index is 2.34. The van der Waals surface area contributed by atoms with Crippen LogP contribution in [0.4, 0.5) is 11.6 Å². The van der Waals surface area contributed by atoms with Crippen LogP contribution in [-0.2, 0) is 11.2 Å². The van der Waals surface area contributed by atoms with Crippen LogP contribution in [0.15, 0.2) is 6.07 Å². The molecule has 0 unspecified atom stereocenters. The van der Waals surface area contributed by atoms with E-state index in [1.807, 2.05) is 13.1 Å². The Morgan fingerprint density at radius 1 is 1.20 bits per heavy atom. The summed E-state index contributed by atoms with van der Waals surface area (Å²) in [6.45, 7) is 12.2. The summed E-state index contributed by atoms with van der Waals surface area (Å²) < 4.78 is 6.13. The second kappa shape index (κ2) is 5.20. The van der Waals surface area contributed by atoms with Gasteiger partial charge in [-0.15, -0.1) is 0 Å². The van der Waals surface area contributed by atoms with Gasteiger partial charge in [-0.25, -0.2) is 9.97 Å². The molecule has 112 valence electrons. The second-order valence-electron chi connectivity index (χ2n) is 6.61. The van der Waals surface area contributed by atoms with Gasteiger partial charge in [0.05, 0.1) is 11.2 Å². The molecule has 1 aromatic rings. The molecule has 1 aliphatic heterocycles. The Morgan fingerprint density at radius 2 is 1.80 bits per heavy atom. The lowest BCUT2D eigenvalue weighted by Gasteiger charge is -2.47. The normalized spacial score (nSPS) is 20.8. The third-order valence-electron chi connectivity index (χ3n) is 3.35. The Labute approximate surface area is 121 Å². The van der Waals surface area contributed by atoms with Gasteiger partial charge < -0.3 is 15.0 Å². The van der Waals surface area contributed by atoms with Gasteiger partial charge in [0.2, 0.25) is 0 Å². The number of ether oxygens (including phenoxy) is 1. The molecule has 0 aromatic carbocycles. The number of hydrogen-bond donors (Lipinski definition) is 1. The number of anilines is 2. The quantitative estimate of drug-likeness (QED) is 0.920. The third kappa shape index (κ3) is 3.39. The summed E-state index contributed by atoms with van der Waals surface area (Å²) in [5, 5.41) is 3.11. The molecule has 1 fully saturated rings. The van der Waals surface area contributed by atoms with Crippen molar-refractivity contribution in [2.45, 2.75) is 52.2 Å². The number of rotatable bonds is 3. The van der Waals surface area contributed by atoms with Crippen molar-refractivity contribution in [2.24, 2.45) is 0 Å². The minimum absolute atomic E-state index is 0.182. The first-order valence-electron chi connectivity index (χ1n) is 7.25. The van der Waals surface area contributed by atoms with Crippen molar-refractivity contribution in [3.05, 3.63) is 11.9 Å². The van der Waals surface area contributed by atoms with Crippen LogP contribution >= 0.6 is 0 Å². The smallest absolute Gasteiger partial charge is 0.134 e. The molecule has 1 N–H and O–H groups in total. The molecule has 0 aliphatic carbocycles. The molecule has 5 heteroatoms. The number of aryl methyl sites for hydroxylation is 1. The van der Waals surface area contributed by atoms with E-state index in [-0.39, 0.29) is 11.2 Å². The third-order valence-corrected chi connectivity index (χ3v) is 3.35. The fourth-order valence-electron chi connectivity index (χ4n) is 2.88. The maximum absolute atomic E-state index is 6.13. The van der Waals surface area contributed by atoms with Crippen molar-refractivity contribution in [3.8, 4) is 0 Å². The van der Waals surface area contributed by atoms with Gasteiger partial charge in [0, 0.05) is 32.6 Å². The van der Waals surface area contributed by atoms with Crippen molar-refractivity contribution < 1.29 is 4.74 Å². The van der Waals surface area contributed by atoms with Gasteiger partial charge in [-0.2, -0.15) is 0 Å². The first kappa shape index (κ1) is 15.0. The second-order valence-corrected chi connectivity index (χ2v) is 6.61. The number of aromatic nitrogens is 2. The molecule has 0 atom stereocenters. The maximum Gasteiger partial charge on any atom is 0.134 e. The average molecular weight is 278 g/mol. The predicted molar refractivity (Wildman–Crippen MR) is 82.4 cm³/mol. The summed E-state index contributed by atoms with van der Waals surface area (Å²) in [6.07, 6.45) is 0.833. The molecular formula is C15H26N4O. The van der Waals surface area contributed by atoms with Gasteiger partial charge in [-0.3, -0.25) is 0 Å². The summed E-state index contributed by atoms with van der Waals surface area (Å²) in [6, 6.07) is 2.01. The molecule has 5 nitrogen and oxygen atoms in total. The zero-order valence-electron chi connectivity index (χ0n) is 13.4. The van der Waals surface area contributed by atoms with E-state index in [4.69, 9.17) is 4.74 Å². The van der Waals surface area contributed by atoms with E-state index in [0.29, 0.717) is 0 Å².